The number of halogens is 2. The molecule has 1 heterocycles. The number of pyridine rings is 1. The fourth-order valence-corrected chi connectivity index (χ4v) is 1.99. The van der Waals surface area contributed by atoms with E-state index in [0.717, 1.165) is 16.1 Å². The van der Waals surface area contributed by atoms with Crippen molar-refractivity contribution in [1.29, 1.82) is 0 Å². The normalized spacial score (nSPS) is 10.6. The first kappa shape index (κ1) is 14.1. The minimum absolute atomic E-state index is 0.156. The lowest BCUT2D eigenvalue weighted by molar-refractivity contribution is 0.281. The number of rotatable bonds is 3. The van der Waals surface area contributed by atoms with Gasteiger partial charge in [0, 0.05) is 22.8 Å². The molecule has 0 bridgehead atoms. The zero-order valence-corrected chi connectivity index (χ0v) is 12.1. The van der Waals surface area contributed by atoms with Crippen LogP contribution in [-0.2, 0) is 6.61 Å². The van der Waals surface area contributed by atoms with Gasteiger partial charge in [-0.1, -0.05) is 23.2 Å². The van der Waals surface area contributed by atoms with Crippen molar-refractivity contribution in [2.75, 3.05) is 0 Å². The van der Waals surface area contributed by atoms with Gasteiger partial charge in [0.25, 0.3) is 0 Å². The Morgan fingerprint density at radius 2 is 1.79 bits per heavy atom. The summed E-state index contributed by atoms with van der Waals surface area (Å²) >= 11 is 12.0. The van der Waals surface area contributed by atoms with Crippen LogP contribution in [0.1, 0.15) is 16.7 Å². The second-order valence-electron chi connectivity index (χ2n) is 4.25. The predicted octanol–water partition coefficient (Wildman–Crippen LogP) is 4.29. The van der Waals surface area contributed by atoms with Crippen molar-refractivity contribution >= 4 is 23.2 Å². The highest BCUT2D eigenvalue weighted by Crippen LogP contribution is 2.29. The van der Waals surface area contributed by atoms with Gasteiger partial charge in [0.15, 0.2) is 0 Å². The van der Waals surface area contributed by atoms with Crippen molar-refractivity contribution in [2.24, 2.45) is 0 Å². The Balaban J connectivity index is 2.31. The van der Waals surface area contributed by atoms with Crippen LogP contribution in [0.15, 0.2) is 24.4 Å². The summed E-state index contributed by atoms with van der Waals surface area (Å²) in [6.07, 6.45) is 1.46. The summed E-state index contributed by atoms with van der Waals surface area (Å²) in [4.78, 5) is 4.07. The van der Waals surface area contributed by atoms with Gasteiger partial charge in [-0.15, -0.1) is 0 Å². The molecule has 0 aliphatic rings. The number of aryl methyl sites for hydroxylation is 2. The van der Waals surface area contributed by atoms with Crippen molar-refractivity contribution in [2.45, 2.75) is 20.5 Å². The van der Waals surface area contributed by atoms with Gasteiger partial charge in [-0.05, 0) is 37.1 Å². The number of aliphatic hydroxyl groups is 1. The molecule has 100 valence electrons. The lowest BCUT2D eigenvalue weighted by Gasteiger charge is -2.10. The van der Waals surface area contributed by atoms with Crippen molar-refractivity contribution in [3.05, 3.63) is 51.1 Å². The van der Waals surface area contributed by atoms with E-state index in [2.05, 4.69) is 4.98 Å². The maximum atomic E-state index is 9.15. The second-order valence-corrected chi connectivity index (χ2v) is 5.03. The van der Waals surface area contributed by atoms with Gasteiger partial charge >= 0.3 is 0 Å². The summed E-state index contributed by atoms with van der Waals surface area (Å²) in [5, 5.41) is 10.3. The fraction of sp³-hybridized carbons (Fsp3) is 0.214. The highest BCUT2D eigenvalue weighted by molar-refractivity contribution is 6.32. The number of aliphatic hydroxyl groups excluding tert-OH is 1. The average Bonchev–Trinajstić information content (AvgIpc) is 2.38. The summed E-state index contributed by atoms with van der Waals surface area (Å²) < 4.78 is 5.65. The molecule has 0 unspecified atom stereocenters. The molecule has 0 saturated carbocycles. The molecule has 5 heteroatoms. The van der Waals surface area contributed by atoms with Crippen molar-refractivity contribution < 1.29 is 9.84 Å². The quantitative estimate of drug-likeness (QED) is 0.919. The molecule has 0 spiro atoms. The predicted molar refractivity (Wildman–Crippen MR) is 76.2 cm³/mol. The van der Waals surface area contributed by atoms with E-state index >= 15 is 0 Å². The molecule has 2 aromatic rings. The Labute approximate surface area is 121 Å². The van der Waals surface area contributed by atoms with Gasteiger partial charge in [0.1, 0.15) is 5.75 Å². The lowest BCUT2D eigenvalue weighted by Crippen LogP contribution is -1.93. The molecule has 0 aliphatic carbocycles. The van der Waals surface area contributed by atoms with Gasteiger partial charge in [-0.25, -0.2) is 4.98 Å². The van der Waals surface area contributed by atoms with Crippen LogP contribution in [0.4, 0.5) is 0 Å². The van der Waals surface area contributed by atoms with Crippen LogP contribution in [0.3, 0.4) is 0 Å². The van der Waals surface area contributed by atoms with E-state index in [1.165, 1.54) is 6.20 Å². The molecule has 0 atom stereocenters. The summed E-state index contributed by atoms with van der Waals surface area (Å²) in [7, 11) is 0. The average molecular weight is 298 g/mol. The monoisotopic (exact) mass is 297 g/mol. The Bertz CT molecular complexity index is 591. The molecular weight excluding hydrogens is 285 g/mol. The topological polar surface area (TPSA) is 42.4 Å². The molecule has 0 saturated heterocycles. The van der Waals surface area contributed by atoms with Crippen LogP contribution < -0.4 is 4.74 Å². The number of nitrogens with zero attached hydrogens (tertiary/aromatic N) is 1. The fourth-order valence-electron chi connectivity index (χ4n) is 1.72. The zero-order chi connectivity index (χ0) is 14.0. The van der Waals surface area contributed by atoms with Gasteiger partial charge in [0.2, 0.25) is 5.88 Å². The third-order valence-electron chi connectivity index (χ3n) is 2.71. The molecular formula is C14H13Cl2NO2. The molecule has 0 radical (unpaired) electrons. The standard InChI is InChI=1S/C14H13Cl2NO2/c1-8-3-11(4-9(2)14(8)16)19-13-5-10(7-18)12(15)6-17-13/h3-6,18H,7H2,1-2H3. The van der Waals surface area contributed by atoms with Gasteiger partial charge < -0.3 is 9.84 Å². The van der Waals surface area contributed by atoms with E-state index in [4.69, 9.17) is 33.0 Å². The van der Waals surface area contributed by atoms with Crippen LogP contribution in [0.2, 0.25) is 10.0 Å². The van der Waals surface area contributed by atoms with Crippen LogP contribution >= 0.6 is 23.2 Å². The van der Waals surface area contributed by atoms with E-state index < -0.39 is 0 Å². The van der Waals surface area contributed by atoms with Crippen molar-refractivity contribution in [3.8, 4) is 11.6 Å². The Morgan fingerprint density at radius 3 is 2.37 bits per heavy atom. The minimum atomic E-state index is -0.156. The van der Waals surface area contributed by atoms with E-state index in [0.29, 0.717) is 22.2 Å². The van der Waals surface area contributed by atoms with Crippen molar-refractivity contribution in [1.82, 2.24) is 4.98 Å². The first-order valence-corrected chi connectivity index (χ1v) is 6.46. The molecule has 3 nitrogen and oxygen atoms in total. The molecule has 1 aromatic heterocycles. The summed E-state index contributed by atoms with van der Waals surface area (Å²) in [5.41, 5.74) is 2.45. The Morgan fingerprint density at radius 1 is 1.16 bits per heavy atom. The summed E-state index contributed by atoms with van der Waals surface area (Å²) in [6, 6.07) is 5.29. The van der Waals surface area contributed by atoms with E-state index in [1.54, 1.807) is 6.07 Å². The largest absolute Gasteiger partial charge is 0.439 e. The first-order valence-electron chi connectivity index (χ1n) is 5.71. The molecule has 1 aromatic carbocycles. The van der Waals surface area contributed by atoms with Crippen LogP contribution in [0.5, 0.6) is 11.6 Å². The number of benzene rings is 1. The van der Waals surface area contributed by atoms with Crippen LogP contribution in [0.25, 0.3) is 0 Å². The molecule has 0 fully saturated rings. The van der Waals surface area contributed by atoms with Gasteiger partial charge in [0.05, 0.1) is 11.6 Å². The number of aromatic nitrogens is 1. The molecule has 0 aliphatic heterocycles. The van der Waals surface area contributed by atoms with E-state index in [1.807, 2.05) is 26.0 Å². The third kappa shape index (κ3) is 3.18. The van der Waals surface area contributed by atoms with E-state index in [-0.39, 0.29) is 6.61 Å². The molecule has 0 amide bonds. The molecule has 19 heavy (non-hydrogen) atoms. The summed E-state index contributed by atoms with van der Waals surface area (Å²) in [6.45, 7) is 3.67. The maximum Gasteiger partial charge on any atom is 0.219 e. The number of ether oxygens (including phenoxy) is 1. The highest BCUT2D eigenvalue weighted by atomic mass is 35.5. The first-order chi connectivity index (χ1) is 9.01. The summed E-state index contributed by atoms with van der Waals surface area (Å²) in [5.74, 6) is 1.03. The zero-order valence-electron chi connectivity index (χ0n) is 10.6. The van der Waals surface area contributed by atoms with Crippen LogP contribution in [0, 0.1) is 13.8 Å². The smallest absolute Gasteiger partial charge is 0.219 e. The van der Waals surface area contributed by atoms with E-state index in [9.17, 15) is 0 Å². The second kappa shape index (κ2) is 5.78. The number of hydrogen-bond acceptors (Lipinski definition) is 3. The van der Waals surface area contributed by atoms with Gasteiger partial charge in [-0.2, -0.15) is 0 Å². The SMILES string of the molecule is Cc1cc(Oc2cc(CO)c(Cl)cn2)cc(C)c1Cl. The third-order valence-corrected chi connectivity index (χ3v) is 3.65. The van der Waals surface area contributed by atoms with Crippen molar-refractivity contribution in [3.63, 3.8) is 0 Å². The Hall–Kier alpha value is -1.29. The molecule has 2 rings (SSSR count). The maximum absolute atomic E-state index is 9.15. The van der Waals surface area contributed by atoms with Crippen LogP contribution in [-0.4, -0.2) is 10.1 Å². The Kier molecular flexibility index (Phi) is 4.30. The number of hydrogen-bond donors (Lipinski definition) is 1. The lowest BCUT2D eigenvalue weighted by atomic mass is 10.1. The van der Waals surface area contributed by atoms with Gasteiger partial charge in [-0.3, -0.25) is 0 Å². The highest BCUT2D eigenvalue weighted by Gasteiger charge is 2.07. The minimum Gasteiger partial charge on any atom is -0.439 e. The molecule has 1 N–H and O–H groups in total.